The van der Waals surface area contributed by atoms with Crippen molar-refractivity contribution in [1.82, 2.24) is 15.2 Å². The van der Waals surface area contributed by atoms with Crippen molar-refractivity contribution in [2.75, 3.05) is 0 Å². The maximum atomic E-state index is 14.7. The fourth-order valence-electron chi connectivity index (χ4n) is 4.52. The molecule has 0 spiro atoms. The van der Waals surface area contributed by atoms with E-state index in [-0.39, 0.29) is 23.1 Å². The molecule has 2 heterocycles. The van der Waals surface area contributed by atoms with Gasteiger partial charge in [-0.15, -0.1) is 0 Å². The van der Waals surface area contributed by atoms with Gasteiger partial charge in [-0.05, 0) is 62.8 Å². The van der Waals surface area contributed by atoms with Gasteiger partial charge in [0.2, 0.25) is 5.91 Å². The number of aromatic nitrogens is 1. The lowest BCUT2D eigenvalue weighted by atomic mass is 9.99. The number of carbonyl (C=O) groups excluding carboxylic acids is 2. The first-order valence-electron chi connectivity index (χ1n) is 11.2. The fraction of sp³-hybridized carbons (Fsp3) is 0.458. The number of carbonyl (C=O) groups is 2. The lowest BCUT2D eigenvalue weighted by molar-refractivity contribution is -0.137. The highest BCUT2D eigenvalue weighted by Crippen LogP contribution is 2.43. The highest BCUT2D eigenvalue weighted by atomic mass is 19.4. The molecule has 1 saturated carbocycles. The Balaban J connectivity index is 1.56. The van der Waals surface area contributed by atoms with Crippen LogP contribution in [0.5, 0.6) is 0 Å². The maximum Gasteiger partial charge on any atom is 0.416 e. The van der Waals surface area contributed by atoms with Gasteiger partial charge in [-0.1, -0.05) is 6.07 Å². The van der Waals surface area contributed by atoms with Gasteiger partial charge in [0.05, 0.1) is 11.6 Å². The minimum absolute atomic E-state index is 0.0330. The summed E-state index contributed by atoms with van der Waals surface area (Å²) in [6, 6.07) is 2.36. The second kappa shape index (κ2) is 9.50. The largest absolute Gasteiger partial charge is 0.416 e. The van der Waals surface area contributed by atoms with Crippen LogP contribution >= 0.6 is 0 Å². The SMILES string of the molecule is C[C@@H]1CC[C@H](C(=O)N[C@@H](c2ccc(C(F)(F)F)cc2F)C2CC2)N1C(=O)c1ccnc(C(F)F)c1. The minimum Gasteiger partial charge on any atom is -0.347 e. The van der Waals surface area contributed by atoms with Crippen molar-refractivity contribution in [2.24, 2.45) is 5.92 Å². The summed E-state index contributed by atoms with van der Waals surface area (Å²) in [5.74, 6) is -2.38. The number of halogens is 6. The van der Waals surface area contributed by atoms with Crippen molar-refractivity contribution in [1.29, 1.82) is 0 Å². The molecule has 0 unspecified atom stereocenters. The van der Waals surface area contributed by atoms with Crippen LogP contribution in [-0.4, -0.2) is 33.8 Å². The number of nitrogens with zero attached hydrogens (tertiary/aromatic N) is 2. The van der Waals surface area contributed by atoms with Crippen LogP contribution in [-0.2, 0) is 11.0 Å². The van der Waals surface area contributed by atoms with Gasteiger partial charge in [0, 0.05) is 23.4 Å². The Morgan fingerprint density at radius 1 is 1.09 bits per heavy atom. The van der Waals surface area contributed by atoms with E-state index in [2.05, 4.69) is 10.3 Å². The van der Waals surface area contributed by atoms with Crippen molar-refractivity contribution < 1.29 is 35.9 Å². The highest BCUT2D eigenvalue weighted by molar-refractivity contribution is 5.98. The average Bonchev–Trinajstić information content (AvgIpc) is 3.57. The van der Waals surface area contributed by atoms with E-state index in [0.717, 1.165) is 24.4 Å². The van der Waals surface area contributed by atoms with E-state index in [0.29, 0.717) is 31.7 Å². The van der Waals surface area contributed by atoms with Crippen molar-refractivity contribution in [3.8, 4) is 0 Å². The maximum absolute atomic E-state index is 14.7. The third kappa shape index (κ3) is 5.28. The first-order valence-corrected chi connectivity index (χ1v) is 11.2. The van der Waals surface area contributed by atoms with Crippen LogP contribution in [0.15, 0.2) is 36.5 Å². The zero-order chi connectivity index (χ0) is 25.5. The number of amides is 2. The zero-order valence-corrected chi connectivity index (χ0v) is 18.7. The Labute approximate surface area is 197 Å². The van der Waals surface area contributed by atoms with Crippen LogP contribution in [0.3, 0.4) is 0 Å². The summed E-state index contributed by atoms with van der Waals surface area (Å²) in [5, 5.41) is 2.74. The Hall–Kier alpha value is -3.11. The van der Waals surface area contributed by atoms with Crippen LogP contribution in [0.25, 0.3) is 0 Å². The van der Waals surface area contributed by atoms with E-state index in [1.807, 2.05) is 0 Å². The number of pyridine rings is 1. The molecule has 1 N–H and O–H groups in total. The fourth-order valence-corrected chi connectivity index (χ4v) is 4.52. The summed E-state index contributed by atoms with van der Waals surface area (Å²) < 4.78 is 79.5. The Morgan fingerprint density at radius 3 is 2.40 bits per heavy atom. The van der Waals surface area contributed by atoms with Crippen LogP contribution in [0, 0.1) is 11.7 Å². The second-order valence-electron chi connectivity index (χ2n) is 8.98. The molecule has 2 fully saturated rings. The van der Waals surface area contributed by atoms with Gasteiger partial charge in [-0.2, -0.15) is 13.2 Å². The van der Waals surface area contributed by atoms with E-state index in [4.69, 9.17) is 0 Å². The molecular formula is C24H23F6N3O2. The molecule has 188 valence electrons. The summed E-state index contributed by atoms with van der Waals surface area (Å²) >= 11 is 0. The van der Waals surface area contributed by atoms with Crippen molar-refractivity contribution in [2.45, 2.75) is 63.3 Å². The van der Waals surface area contributed by atoms with E-state index in [9.17, 15) is 35.9 Å². The predicted octanol–water partition coefficient (Wildman–Crippen LogP) is 5.44. The Morgan fingerprint density at radius 2 is 1.80 bits per heavy atom. The third-order valence-electron chi connectivity index (χ3n) is 6.51. The van der Waals surface area contributed by atoms with E-state index in [1.54, 1.807) is 6.92 Å². The second-order valence-corrected chi connectivity index (χ2v) is 8.98. The molecule has 3 atom stereocenters. The number of hydrogen-bond donors (Lipinski definition) is 1. The molecular weight excluding hydrogens is 476 g/mol. The molecule has 0 radical (unpaired) electrons. The summed E-state index contributed by atoms with van der Waals surface area (Å²) in [5.41, 5.74) is -1.76. The number of benzene rings is 1. The number of alkyl halides is 5. The average molecular weight is 499 g/mol. The summed E-state index contributed by atoms with van der Waals surface area (Å²) in [4.78, 5) is 31.2. The molecule has 0 bridgehead atoms. The highest BCUT2D eigenvalue weighted by Gasteiger charge is 2.42. The van der Waals surface area contributed by atoms with Crippen LogP contribution < -0.4 is 5.32 Å². The molecule has 35 heavy (non-hydrogen) atoms. The van der Waals surface area contributed by atoms with Gasteiger partial charge < -0.3 is 10.2 Å². The van der Waals surface area contributed by atoms with Gasteiger partial charge in [-0.25, -0.2) is 13.2 Å². The molecule has 2 aliphatic rings. The molecule has 2 aromatic rings. The molecule has 1 aliphatic carbocycles. The third-order valence-corrected chi connectivity index (χ3v) is 6.51. The van der Waals surface area contributed by atoms with Crippen molar-refractivity contribution in [3.05, 3.63) is 64.7 Å². The normalized spacial score (nSPS) is 21.3. The van der Waals surface area contributed by atoms with Crippen molar-refractivity contribution in [3.63, 3.8) is 0 Å². The van der Waals surface area contributed by atoms with E-state index in [1.165, 1.54) is 11.0 Å². The first-order chi connectivity index (χ1) is 16.5. The molecule has 2 amide bonds. The van der Waals surface area contributed by atoms with Gasteiger partial charge >= 0.3 is 6.18 Å². The molecule has 1 aliphatic heterocycles. The van der Waals surface area contributed by atoms with Gasteiger partial charge in [-0.3, -0.25) is 14.6 Å². The number of rotatable bonds is 6. The quantitative estimate of drug-likeness (QED) is 0.539. The molecule has 1 aromatic heterocycles. The lowest BCUT2D eigenvalue weighted by Gasteiger charge is -2.30. The summed E-state index contributed by atoms with van der Waals surface area (Å²) in [7, 11) is 0. The number of hydrogen-bond acceptors (Lipinski definition) is 3. The van der Waals surface area contributed by atoms with Gasteiger partial charge in [0.25, 0.3) is 12.3 Å². The number of nitrogens with one attached hydrogen (secondary N) is 1. The minimum atomic E-state index is -4.70. The zero-order valence-electron chi connectivity index (χ0n) is 18.7. The lowest BCUT2D eigenvalue weighted by Crippen LogP contribution is -2.49. The summed E-state index contributed by atoms with van der Waals surface area (Å²) in [6.45, 7) is 1.73. The van der Waals surface area contributed by atoms with Crippen LogP contribution in [0.2, 0.25) is 0 Å². The summed E-state index contributed by atoms with van der Waals surface area (Å²) in [6.07, 6.45) is -4.34. The first kappa shape index (κ1) is 25.0. The van der Waals surface area contributed by atoms with Crippen molar-refractivity contribution >= 4 is 11.8 Å². The Kier molecular flexibility index (Phi) is 6.79. The molecule has 1 saturated heterocycles. The van der Waals surface area contributed by atoms with E-state index >= 15 is 0 Å². The van der Waals surface area contributed by atoms with Crippen LogP contribution in [0.1, 0.15) is 72.3 Å². The predicted molar refractivity (Wildman–Crippen MR) is 113 cm³/mol. The van der Waals surface area contributed by atoms with Gasteiger partial charge in [0.15, 0.2) is 0 Å². The topological polar surface area (TPSA) is 62.3 Å². The van der Waals surface area contributed by atoms with E-state index < -0.39 is 53.6 Å². The molecule has 1 aromatic carbocycles. The molecule has 4 rings (SSSR count). The molecule has 11 heteroatoms. The monoisotopic (exact) mass is 499 g/mol. The number of likely N-dealkylation sites (tertiary alicyclic amines) is 1. The molecule has 5 nitrogen and oxygen atoms in total. The van der Waals surface area contributed by atoms with Gasteiger partial charge in [0.1, 0.15) is 17.6 Å². The standard InChI is InChI=1S/C24H23F6N3O2/c1-12-2-7-19(33(12)23(35)14-8-9-31-18(10-14)21(26)27)22(34)32-20(13-3-4-13)16-6-5-15(11-17(16)25)24(28,29)30/h5-6,8-13,19-21H,2-4,7H2,1H3,(H,32,34)/t12-,19-,20-/m1/s1. The Bertz CT molecular complexity index is 1120. The van der Waals surface area contributed by atoms with Crippen LogP contribution in [0.4, 0.5) is 26.3 Å². The smallest absolute Gasteiger partial charge is 0.347 e.